The number of hydrogen-bond donors (Lipinski definition) is 1. The fourth-order valence-corrected chi connectivity index (χ4v) is 3.68. The van der Waals surface area contributed by atoms with Gasteiger partial charge < -0.3 is 5.11 Å². The molecule has 0 spiro atoms. The molecule has 19 heavy (non-hydrogen) atoms. The standard InChI is InChI=1S/C16H19NOS/c1-11-17-15(10-19-11)16(18)9-13-7-4-6-12-5-2-3-8-14(12)13/h2-3,5,8,10,13,16,18H,4,6-7,9H2,1H3. The van der Waals surface area contributed by atoms with Gasteiger partial charge in [0.15, 0.2) is 0 Å². The monoisotopic (exact) mass is 273 g/mol. The predicted octanol–water partition coefficient (Wildman–Crippen LogP) is 4.00. The lowest BCUT2D eigenvalue weighted by Gasteiger charge is -2.26. The van der Waals surface area contributed by atoms with Crippen LogP contribution in [-0.4, -0.2) is 10.1 Å². The molecule has 2 nitrogen and oxygen atoms in total. The molecule has 2 unspecified atom stereocenters. The molecule has 1 aliphatic rings. The summed E-state index contributed by atoms with van der Waals surface area (Å²) in [6, 6.07) is 8.66. The minimum atomic E-state index is -0.430. The minimum absolute atomic E-state index is 0.430. The Labute approximate surface area is 118 Å². The number of fused-ring (bicyclic) bond motifs is 1. The van der Waals surface area contributed by atoms with Gasteiger partial charge in [0.05, 0.1) is 16.8 Å². The van der Waals surface area contributed by atoms with Crippen molar-refractivity contribution in [2.24, 2.45) is 0 Å². The molecule has 3 heteroatoms. The highest BCUT2D eigenvalue weighted by Gasteiger charge is 2.23. The van der Waals surface area contributed by atoms with Crippen LogP contribution in [0.15, 0.2) is 29.6 Å². The van der Waals surface area contributed by atoms with Crippen molar-refractivity contribution in [3.63, 3.8) is 0 Å². The van der Waals surface area contributed by atoms with Gasteiger partial charge in [0.1, 0.15) is 0 Å². The van der Waals surface area contributed by atoms with Crippen molar-refractivity contribution in [2.75, 3.05) is 0 Å². The van der Waals surface area contributed by atoms with Crippen LogP contribution in [0, 0.1) is 6.92 Å². The third-order valence-electron chi connectivity index (χ3n) is 3.98. The number of thiazole rings is 1. The summed E-state index contributed by atoms with van der Waals surface area (Å²) in [7, 11) is 0. The molecule has 0 aliphatic heterocycles. The molecule has 2 aromatic rings. The van der Waals surface area contributed by atoms with Gasteiger partial charge in [0, 0.05) is 5.38 Å². The molecule has 2 atom stereocenters. The maximum Gasteiger partial charge on any atom is 0.0974 e. The van der Waals surface area contributed by atoms with E-state index in [1.165, 1.54) is 30.4 Å². The van der Waals surface area contributed by atoms with Crippen LogP contribution in [-0.2, 0) is 6.42 Å². The summed E-state index contributed by atoms with van der Waals surface area (Å²) in [5.41, 5.74) is 3.73. The minimum Gasteiger partial charge on any atom is -0.387 e. The number of aliphatic hydroxyl groups is 1. The lowest BCUT2D eigenvalue weighted by atomic mass is 9.80. The normalized spacial score (nSPS) is 20.0. The van der Waals surface area contributed by atoms with Crippen molar-refractivity contribution >= 4 is 11.3 Å². The Hall–Kier alpha value is -1.19. The summed E-state index contributed by atoms with van der Waals surface area (Å²) in [4.78, 5) is 4.40. The fraction of sp³-hybridized carbons (Fsp3) is 0.438. The summed E-state index contributed by atoms with van der Waals surface area (Å²) >= 11 is 1.61. The smallest absolute Gasteiger partial charge is 0.0974 e. The Balaban J connectivity index is 1.77. The highest BCUT2D eigenvalue weighted by molar-refractivity contribution is 7.09. The molecule has 1 heterocycles. The van der Waals surface area contributed by atoms with Crippen molar-refractivity contribution in [2.45, 2.75) is 44.6 Å². The zero-order valence-corrected chi connectivity index (χ0v) is 12.0. The van der Waals surface area contributed by atoms with E-state index in [1.807, 2.05) is 12.3 Å². The molecule has 100 valence electrons. The third kappa shape index (κ3) is 2.72. The van der Waals surface area contributed by atoms with Crippen LogP contribution in [0.25, 0.3) is 0 Å². The van der Waals surface area contributed by atoms with Crippen LogP contribution in [0.4, 0.5) is 0 Å². The van der Waals surface area contributed by atoms with Crippen molar-refractivity contribution in [3.05, 3.63) is 51.5 Å². The Bertz CT molecular complexity index is 563. The quantitative estimate of drug-likeness (QED) is 0.917. The number of benzene rings is 1. The summed E-state index contributed by atoms with van der Waals surface area (Å²) in [5.74, 6) is 0.474. The van der Waals surface area contributed by atoms with Gasteiger partial charge in [0.25, 0.3) is 0 Å². The second-order valence-corrected chi connectivity index (χ2v) is 6.39. The molecule has 0 saturated heterocycles. The van der Waals surface area contributed by atoms with Crippen molar-refractivity contribution < 1.29 is 5.11 Å². The SMILES string of the molecule is Cc1nc(C(O)CC2CCCc3ccccc32)cs1. The number of aromatic nitrogens is 1. The van der Waals surface area contributed by atoms with Crippen LogP contribution in [0.3, 0.4) is 0 Å². The van der Waals surface area contributed by atoms with E-state index in [0.29, 0.717) is 5.92 Å². The predicted molar refractivity (Wildman–Crippen MR) is 78.5 cm³/mol. The highest BCUT2D eigenvalue weighted by Crippen LogP contribution is 2.37. The van der Waals surface area contributed by atoms with Crippen molar-refractivity contribution in [1.82, 2.24) is 4.98 Å². The molecule has 1 aromatic heterocycles. The number of rotatable bonds is 3. The number of nitrogens with zero attached hydrogens (tertiary/aromatic N) is 1. The average Bonchev–Trinajstić information content (AvgIpc) is 2.86. The second kappa shape index (κ2) is 5.43. The van der Waals surface area contributed by atoms with E-state index < -0.39 is 6.10 Å². The first-order valence-corrected chi connectivity index (χ1v) is 7.80. The van der Waals surface area contributed by atoms with Crippen LogP contribution in [0.1, 0.15) is 53.1 Å². The zero-order valence-electron chi connectivity index (χ0n) is 11.2. The molecule has 0 bridgehead atoms. The number of aliphatic hydroxyl groups excluding tert-OH is 1. The second-order valence-electron chi connectivity index (χ2n) is 5.33. The lowest BCUT2D eigenvalue weighted by Crippen LogP contribution is -2.13. The van der Waals surface area contributed by atoms with Gasteiger partial charge in [-0.05, 0) is 49.7 Å². The summed E-state index contributed by atoms with van der Waals surface area (Å²) in [6.07, 6.45) is 3.95. The van der Waals surface area contributed by atoms with Gasteiger partial charge in [-0.1, -0.05) is 24.3 Å². The van der Waals surface area contributed by atoms with Crippen LogP contribution in [0.2, 0.25) is 0 Å². The lowest BCUT2D eigenvalue weighted by molar-refractivity contribution is 0.150. The maximum absolute atomic E-state index is 10.4. The van der Waals surface area contributed by atoms with E-state index in [2.05, 4.69) is 29.2 Å². The molecule has 0 radical (unpaired) electrons. The molecule has 3 rings (SSSR count). The van der Waals surface area contributed by atoms with Crippen molar-refractivity contribution in [3.8, 4) is 0 Å². The van der Waals surface area contributed by atoms with Gasteiger partial charge in [-0.2, -0.15) is 0 Å². The summed E-state index contributed by atoms with van der Waals surface area (Å²) in [5, 5.41) is 13.4. The zero-order chi connectivity index (χ0) is 13.2. The fourth-order valence-electron chi connectivity index (χ4n) is 3.02. The molecule has 1 N–H and O–H groups in total. The van der Waals surface area contributed by atoms with Gasteiger partial charge >= 0.3 is 0 Å². The Kier molecular flexibility index (Phi) is 3.67. The van der Waals surface area contributed by atoms with Crippen LogP contribution < -0.4 is 0 Å². The molecular formula is C16H19NOS. The van der Waals surface area contributed by atoms with E-state index in [-0.39, 0.29) is 0 Å². The van der Waals surface area contributed by atoms with E-state index >= 15 is 0 Å². The van der Waals surface area contributed by atoms with Crippen molar-refractivity contribution in [1.29, 1.82) is 0 Å². The molecule has 1 aromatic carbocycles. The number of hydrogen-bond acceptors (Lipinski definition) is 3. The van der Waals surface area contributed by atoms with Crippen LogP contribution in [0.5, 0.6) is 0 Å². The van der Waals surface area contributed by atoms with E-state index in [4.69, 9.17) is 0 Å². The Morgan fingerprint density at radius 3 is 3.05 bits per heavy atom. The molecule has 0 amide bonds. The summed E-state index contributed by atoms with van der Waals surface area (Å²) < 4.78 is 0. The topological polar surface area (TPSA) is 33.1 Å². The first-order chi connectivity index (χ1) is 9.24. The van der Waals surface area contributed by atoms with E-state index in [1.54, 1.807) is 11.3 Å². The number of aryl methyl sites for hydroxylation is 2. The van der Waals surface area contributed by atoms with Gasteiger partial charge in [-0.3, -0.25) is 0 Å². The van der Waals surface area contributed by atoms with Crippen LogP contribution >= 0.6 is 11.3 Å². The summed E-state index contributed by atoms with van der Waals surface area (Å²) in [6.45, 7) is 1.98. The van der Waals surface area contributed by atoms with Gasteiger partial charge in [-0.25, -0.2) is 4.98 Å². The maximum atomic E-state index is 10.4. The van der Waals surface area contributed by atoms with E-state index in [9.17, 15) is 5.11 Å². The largest absolute Gasteiger partial charge is 0.387 e. The Morgan fingerprint density at radius 2 is 2.26 bits per heavy atom. The van der Waals surface area contributed by atoms with Gasteiger partial charge in [0.2, 0.25) is 0 Å². The first kappa shape index (κ1) is 12.8. The molecule has 1 aliphatic carbocycles. The average molecular weight is 273 g/mol. The molecular weight excluding hydrogens is 254 g/mol. The molecule has 0 saturated carbocycles. The Morgan fingerprint density at radius 1 is 1.42 bits per heavy atom. The third-order valence-corrected chi connectivity index (χ3v) is 4.77. The van der Waals surface area contributed by atoms with E-state index in [0.717, 1.165) is 17.1 Å². The highest BCUT2D eigenvalue weighted by atomic mass is 32.1. The molecule has 0 fully saturated rings. The first-order valence-electron chi connectivity index (χ1n) is 6.92. The van der Waals surface area contributed by atoms with Gasteiger partial charge in [-0.15, -0.1) is 11.3 Å².